The van der Waals surface area contributed by atoms with Gasteiger partial charge in [-0.1, -0.05) is 23.7 Å². The average molecular weight is 347 g/mol. The first-order chi connectivity index (χ1) is 11.5. The molecule has 0 spiro atoms. The summed E-state index contributed by atoms with van der Waals surface area (Å²) in [6.07, 6.45) is 0.228. The minimum Gasteiger partial charge on any atom is -0.466 e. The van der Waals surface area contributed by atoms with Gasteiger partial charge in [-0.2, -0.15) is 0 Å². The predicted molar refractivity (Wildman–Crippen MR) is 92.2 cm³/mol. The zero-order valence-electron chi connectivity index (χ0n) is 13.6. The number of halogens is 1. The Morgan fingerprint density at radius 2 is 2.21 bits per heavy atom. The van der Waals surface area contributed by atoms with Crippen LogP contribution in [0.5, 0.6) is 0 Å². The molecular weight excluding hydrogens is 328 g/mol. The van der Waals surface area contributed by atoms with Crippen LogP contribution in [0.25, 0.3) is 11.1 Å². The fourth-order valence-corrected chi connectivity index (χ4v) is 3.37. The number of carbonyl (C=O) groups is 2. The average Bonchev–Trinajstić information content (AvgIpc) is 2.89. The standard InChI is InChI=1S/C18H19ClN2O3/c1-3-24-17(22)8-14-10-20-18(23)16-9-15(11(2)21(14)16)12-5-4-6-13(19)7-12/h4-7,9,14H,3,8,10H2,1-2H3,(H,20,23). The van der Waals surface area contributed by atoms with Crippen LogP contribution in [0.15, 0.2) is 30.3 Å². The van der Waals surface area contributed by atoms with E-state index in [1.54, 1.807) is 6.92 Å². The number of esters is 1. The summed E-state index contributed by atoms with van der Waals surface area (Å²) in [4.78, 5) is 24.1. The number of rotatable bonds is 4. The summed E-state index contributed by atoms with van der Waals surface area (Å²) in [5.74, 6) is -0.395. The van der Waals surface area contributed by atoms with Crippen molar-refractivity contribution in [3.8, 4) is 11.1 Å². The van der Waals surface area contributed by atoms with Gasteiger partial charge in [0.1, 0.15) is 5.69 Å². The van der Waals surface area contributed by atoms with Crippen molar-refractivity contribution in [1.82, 2.24) is 9.88 Å². The van der Waals surface area contributed by atoms with Crippen LogP contribution in [0.1, 0.15) is 35.6 Å². The number of aromatic nitrogens is 1. The number of carbonyl (C=O) groups excluding carboxylic acids is 2. The highest BCUT2D eigenvalue weighted by Crippen LogP contribution is 2.33. The number of fused-ring (bicyclic) bond motifs is 1. The molecule has 0 radical (unpaired) electrons. The highest BCUT2D eigenvalue weighted by molar-refractivity contribution is 6.30. The molecular formula is C18H19ClN2O3. The quantitative estimate of drug-likeness (QED) is 0.863. The molecule has 1 aromatic heterocycles. The molecule has 0 saturated carbocycles. The van der Waals surface area contributed by atoms with Gasteiger partial charge < -0.3 is 14.6 Å². The van der Waals surface area contributed by atoms with Crippen molar-refractivity contribution in [3.63, 3.8) is 0 Å². The normalized spacial score (nSPS) is 16.5. The van der Waals surface area contributed by atoms with Gasteiger partial charge in [-0.25, -0.2) is 0 Å². The van der Waals surface area contributed by atoms with Crippen LogP contribution in [0.4, 0.5) is 0 Å². The zero-order chi connectivity index (χ0) is 17.3. The van der Waals surface area contributed by atoms with Crippen molar-refractivity contribution < 1.29 is 14.3 Å². The molecule has 1 aliphatic heterocycles. The molecule has 1 unspecified atom stereocenters. The van der Waals surface area contributed by atoms with Crippen LogP contribution >= 0.6 is 11.6 Å². The molecule has 2 aromatic rings. The summed E-state index contributed by atoms with van der Waals surface area (Å²) < 4.78 is 6.99. The third-order valence-corrected chi connectivity index (χ3v) is 4.47. The van der Waals surface area contributed by atoms with Crippen molar-refractivity contribution in [2.45, 2.75) is 26.3 Å². The van der Waals surface area contributed by atoms with E-state index < -0.39 is 0 Å². The second kappa shape index (κ2) is 6.69. The summed E-state index contributed by atoms with van der Waals surface area (Å²) in [6, 6.07) is 9.22. The molecule has 0 fully saturated rings. The number of hydrogen-bond donors (Lipinski definition) is 1. The minimum absolute atomic E-state index is 0.133. The van der Waals surface area contributed by atoms with Crippen LogP contribution < -0.4 is 5.32 Å². The molecule has 1 aliphatic rings. The van der Waals surface area contributed by atoms with E-state index in [1.807, 2.05) is 41.8 Å². The van der Waals surface area contributed by atoms with Gasteiger partial charge in [-0.15, -0.1) is 0 Å². The fraction of sp³-hybridized carbons (Fsp3) is 0.333. The summed E-state index contributed by atoms with van der Waals surface area (Å²) in [5.41, 5.74) is 3.39. The summed E-state index contributed by atoms with van der Waals surface area (Å²) in [6.45, 7) is 4.50. The molecule has 0 aliphatic carbocycles. The SMILES string of the molecule is CCOC(=O)CC1CNC(=O)c2cc(-c3cccc(Cl)c3)c(C)n21. The molecule has 2 heterocycles. The summed E-state index contributed by atoms with van der Waals surface area (Å²) in [7, 11) is 0. The Hall–Kier alpha value is -2.27. The Labute approximate surface area is 145 Å². The Morgan fingerprint density at radius 3 is 2.92 bits per heavy atom. The lowest BCUT2D eigenvalue weighted by atomic mass is 10.1. The molecule has 1 atom stereocenters. The maximum absolute atomic E-state index is 12.2. The van der Waals surface area contributed by atoms with Gasteiger partial charge in [0.05, 0.1) is 19.1 Å². The zero-order valence-corrected chi connectivity index (χ0v) is 14.4. The molecule has 0 bridgehead atoms. The van der Waals surface area contributed by atoms with Gasteiger partial charge >= 0.3 is 5.97 Å². The summed E-state index contributed by atoms with van der Waals surface area (Å²) >= 11 is 6.09. The molecule has 1 aromatic carbocycles. The van der Waals surface area contributed by atoms with Crippen molar-refractivity contribution in [2.75, 3.05) is 13.2 Å². The largest absolute Gasteiger partial charge is 0.466 e. The van der Waals surface area contributed by atoms with E-state index in [0.29, 0.717) is 23.9 Å². The Kier molecular flexibility index (Phi) is 4.62. The van der Waals surface area contributed by atoms with Crippen LogP contribution in [0.3, 0.4) is 0 Å². The van der Waals surface area contributed by atoms with Crippen molar-refractivity contribution >= 4 is 23.5 Å². The maximum atomic E-state index is 12.2. The molecule has 126 valence electrons. The Morgan fingerprint density at radius 1 is 1.42 bits per heavy atom. The number of hydrogen-bond acceptors (Lipinski definition) is 3. The van der Waals surface area contributed by atoms with Gasteiger partial charge in [0.25, 0.3) is 5.91 Å². The lowest BCUT2D eigenvalue weighted by Gasteiger charge is -2.27. The van der Waals surface area contributed by atoms with E-state index in [4.69, 9.17) is 16.3 Å². The van der Waals surface area contributed by atoms with Crippen molar-refractivity contribution in [2.24, 2.45) is 0 Å². The predicted octanol–water partition coefficient (Wildman–Crippen LogP) is 3.35. The molecule has 5 nitrogen and oxygen atoms in total. The minimum atomic E-state index is -0.262. The number of ether oxygens (including phenoxy) is 1. The van der Waals surface area contributed by atoms with Crippen LogP contribution in [-0.4, -0.2) is 29.6 Å². The first kappa shape index (κ1) is 16.6. The van der Waals surface area contributed by atoms with Gasteiger partial charge in [0, 0.05) is 22.8 Å². The van der Waals surface area contributed by atoms with Gasteiger partial charge in [-0.05, 0) is 37.6 Å². The van der Waals surface area contributed by atoms with Crippen LogP contribution in [0.2, 0.25) is 5.02 Å². The number of nitrogens with one attached hydrogen (secondary N) is 1. The first-order valence-corrected chi connectivity index (χ1v) is 8.30. The molecule has 0 saturated heterocycles. The number of nitrogens with zero attached hydrogens (tertiary/aromatic N) is 1. The molecule has 24 heavy (non-hydrogen) atoms. The second-order valence-electron chi connectivity index (χ2n) is 5.78. The van der Waals surface area contributed by atoms with E-state index in [-0.39, 0.29) is 24.3 Å². The van der Waals surface area contributed by atoms with E-state index in [0.717, 1.165) is 16.8 Å². The van der Waals surface area contributed by atoms with E-state index in [9.17, 15) is 9.59 Å². The smallest absolute Gasteiger partial charge is 0.307 e. The third kappa shape index (κ3) is 3.04. The van der Waals surface area contributed by atoms with Crippen LogP contribution in [0, 0.1) is 6.92 Å². The lowest BCUT2D eigenvalue weighted by molar-refractivity contribution is -0.144. The molecule has 1 amide bonds. The Bertz CT molecular complexity index is 798. The van der Waals surface area contributed by atoms with Crippen molar-refractivity contribution in [1.29, 1.82) is 0 Å². The van der Waals surface area contributed by atoms with Gasteiger partial charge in [0.15, 0.2) is 0 Å². The topological polar surface area (TPSA) is 60.3 Å². The second-order valence-corrected chi connectivity index (χ2v) is 6.22. The van der Waals surface area contributed by atoms with Gasteiger partial charge in [0.2, 0.25) is 0 Å². The van der Waals surface area contributed by atoms with E-state index in [2.05, 4.69) is 5.32 Å². The van der Waals surface area contributed by atoms with Gasteiger partial charge in [-0.3, -0.25) is 9.59 Å². The van der Waals surface area contributed by atoms with E-state index >= 15 is 0 Å². The molecule has 1 N–H and O–H groups in total. The fourth-order valence-electron chi connectivity index (χ4n) is 3.18. The molecule has 6 heteroatoms. The van der Waals surface area contributed by atoms with E-state index in [1.165, 1.54) is 0 Å². The number of amides is 1. The monoisotopic (exact) mass is 346 g/mol. The molecule has 3 rings (SSSR count). The summed E-state index contributed by atoms with van der Waals surface area (Å²) in [5, 5.41) is 3.49. The lowest BCUT2D eigenvalue weighted by Crippen LogP contribution is -2.40. The highest BCUT2D eigenvalue weighted by Gasteiger charge is 2.30. The Balaban J connectivity index is 2.02. The maximum Gasteiger partial charge on any atom is 0.307 e. The highest BCUT2D eigenvalue weighted by atomic mass is 35.5. The third-order valence-electron chi connectivity index (χ3n) is 4.23. The van der Waals surface area contributed by atoms with Crippen molar-refractivity contribution in [3.05, 3.63) is 46.7 Å². The van der Waals surface area contributed by atoms with Crippen LogP contribution in [-0.2, 0) is 9.53 Å². The first-order valence-electron chi connectivity index (χ1n) is 7.92. The number of benzene rings is 1.